The second kappa shape index (κ2) is 17.1. The lowest BCUT2D eigenvalue weighted by atomic mass is 9.93. The average molecular weight is 557 g/mol. The van der Waals surface area contributed by atoms with Crippen molar-refractivity contribution in [1.29, 1.82) is 0 Å². The van der Waals surface area contributed by atoms with E-state index in [0.717, 1.165) is 29.9 Å². The van der Waals surface area contributed by atoms with Crippen LogP contribution in [-0.4, -0.2) is 102 Å². The number of nitrogens with one attached hydrogen (secondary N) is 2. The number of hydrogen-bond donors (Lipinski definition) is 2. The van der Waals surface area contributed by atoms with Gasteiger partial charge in [-0.05, 0) is 56.4 Å². The van der Waals surface area contributed by atoms with Crippen molar-refractivity contribution in [2.24, 2.45) is 0 Å². The minimum atomic E-state index is -0.202. The van der Waals surface area contributed by atoms with Crippen LogP contribution in [0.3, 0.4) is 0 Å². The molecule has 2 N–H and O–H groups in total. The minimum Gasteiger partial charge on any atom is -0.383 e. The molecule has 0 aromatic heterocycles. The van der Waals surface area contributed by atoms with Crippen LogP contribution >= 0.6 is 0 Å². The fraction of sp³-hybridized carbons (Fsp3) is 0.516. The number of rotatable bonds is 18. The van der Waals surface area contributed by atoms with E-state index < -0.39 is 0 Å². The number of anilines is 1. The molecular formula is C31H45FN4O4. The van der Waals surface area contributed by atoms with Crippen LogP contribution in [0.2, 0.25) is 0 Å². The molecule has 1 heterocycles. The van der Waals surface area contributed by atoms with Crippen LogP contribution in [0, 0.1) is 12.7 Å². The number of nitrogens with zero attached hydrogens (tertiary/aromatic N) is 2. The number of amides is 1. The molecule has 1 aliphatic rings. The van der Waals surface area contributed by atoms with Crippen LogP contribution < -0.4 is 10.6 Å². The first-order chi connectivity index (χ1) is 19.4. The Bertz CT molecular complexity index is 1030. The zero-order valence-electron chi connectivity index (χ0n) is 24.2. The molecule has 1 amide bonds. The first-order valence-electron chi connectivity index (χ1n) is 14.0. The lowest BCUT2D eigenvalue weighted by Gasteiger charge is -2.25. The lowest BCUT2D eigenvalue weighted by Crippen LogP contribution is -2.34. The summed E-state index contributed by atoms with van der Waals surface area (Å²) in [7, 11) is 4.25. The van der Waals surface area contributed by atoms with E-state index in [1.165, 1.54) is 11.6 Å². The molecule has 2 atom stereocenters. The second-order valence-corrected chi connectivity index (χ2v) is 10.2. The van der Waals surface area contributed by atoms with E-state index in [1.54, 1.807) is 12.1 Å². The molecule has 0 radical (unpaired) electrons. The molecule has 2 aromatic rings. The minimum absolute atomic E-state index is 0.120. The maximum Gasteiger partial charge on any atom is 0.243 e. The molecule has 0 aliphatic carbocycles. The molecule has 1 fully saturated rings. The molecule has 1 saturated heterocycles. The Kier molecular flexibility index (Phi) is 13.5. The molecule has 0 bridgehead atoms. The molecule has 9 heteroatoms. The number of aryl methyl sites for hydroxylation is 1. The molecule has 8 nitrogen and oxygen atoms in total. The van der Waals surface area contributed by atoms with Crippen LogP contribution in [0.5, 0.6) is 0 Å². The molecule has 40 heavy (non-hydrogen) atoms. The Morgan fingerprint density at radius 1 is 1.00 bits per heavy atom. The topological polar surface area (TPSA) is 75.3 Å². The fourth-order valence-electron chi connectivity index (χ4n) is 4.91. The molecule has 0 saturated carbocycles. The van der Waals surface area contributed by atoms with Gasteiger partial charge in [0, 0.05) is 55.9 Å². The van der Waals surface area contributed by atoms with Gasteiger partial charge in [-0.2, -0.15) is 0 Å². The van der Waals surface area contributed by atoms with Crippen molar-refractivity contribution in [2.45, 2.75) is 25.4 Å². The second-order valence-electron chi connectivity index (χ2n) is 10.2. The Morgan fingerprint density at radius 3 is 2.27 bits per heavy atom. The van der Waals surface area contributed by atoms with E-state index in [9.17, 15) is 9.18 Å². The smallest absolute Gasteiger partial charge is 0.243 e. The van der Waals surface area contributed by atoms with Crippen molar-refractivity contribution in [2.75, 3.05) is 85.2 Å². The maximum atomic E-state index is 14.4. The van der Waals surface area contributed by atoms with Gasteiger partial charge in [-0.3, -0.25) is 9.69 Å². The summed E-state index contributed by atoms with van der Waals surface area (Å²) in [6.45, 7) is 12.0. The highest BCUT2D eigenvalue weighted by Crippen LogP contribution is 2.32. The Balaban J connectivity index is 1.31. The summed E-state index contributed by atoms with van der Waals surface area (Å²) in [5.41, 5.74) is 4.16. The van der Waals surface area contributed by atoms with Gasteiger partial charge in [0.1, 0.15) is 5.82 Å². The highest BCUT2D eigenvalue weighted by atomic mass is 19.1. The molecule has 220 valence electrons. The van der Waals surface area contributed by atoms with Gasteiger partial charge in [-0.15, -0.1) is 0 Å². The van der Waals surface area contributed by atoms with E-state index in [2.05, 4.69) is 65.4 Å². The molecular weight excluding hydrogens is 511 g/mol. The van der Waals surface area contributed by atoms with E-state index in [-0.39, 0.29) is 11.7 Å². The summed E-state index contributed by atoms with van der Waals surface area (Å²) in [5.74, 6) is 0.0421. The number of benzene rings is 2. The van der Waals surface area contributed by atoms with Crippen LogP contribution in [-0.2, 0) is 25.5 Å². The zero-order chi connectivity index (χ0) is 28.7. The molecule has 0 spiro atoms. The van der Waals surface area contributed by atoms with Crippen LogP contribution in [0.15, 0.2) is 55.1 Å². The Hall–Kier alpha value is -2.82. The number of carbonyl (C=O) groups excluding carboxylic acids is 1. The first kappa shape index (κ1) is 31.7. The van der Waals surface area contributed by atoms with Gasteiger partial charge < -0.3 is 29.7 Å². The molecule has 0 unspecified atom stereocenters. The number of likely N-dealkylation sites (tertiary alicyclic amines) is 1. The number of hydrogen-bond acceptors (Lipinski definition) is 7. The van der Waals surface area contributed by atoms with Gasteiger partial charge >= 0.3 is 0 Å². The van der Waals surface area contributed by atoms with Gasteiger partial charge in [-0.25, -0.2) is 4.39 Å². The predicted molar refractivity (Wildman–Crippen MR) is 157 cm³/mol. The number of halogens is 1. The summed E-state index contributed by atoms with van der Waals surface area (Å²) in [6, 6.07) is 14.3. The number of ether oxygens (including phenoxy) is 3. The molecule has 2 aromatic carbocycles. The third-order valence-corrected chi connectivity index (χ3v) is 7.15. The summed E-state index contributed by atoms with van der Waals surface area (Å²) in [4.78, 5) is 15.7. The van der Waals surface area contributed by atoms with E-state index >= 15 is 0 Å². The summed E-state index contributed by atoms with van der Waals surface area (Å²) in [6.07, 6.45) is 1.23. The zero-order valence-corrected chi connectivity index (χ0v) is 24.2. The number of carbonyl (C=O) groups is 1. The largest absolute Gasteiger partial charge is 0.383 e. The summed E-state index contributed by atoms with van der Waals surface area (Å²) < 4.78 is 30.9. The highest BCUT2D eigenvalue weighted by Gasteiger charge is 2.35. The normalized spacial score (nSPS) is 17.3. The molecule has 1 aliphatic heterocycles. The standard InChI is InChI=1S/C31H45FN4O4/c1-5-31(37)34-14-16-39-18-20-40-19-17-38-15-13-33-26-11-9-25(10-12-26)28-22-36(23-30(28)35(3)4)21-27-24(2)7-6-8-29(27)32/h5-12,28,30,33H,1,13-23H2,2-4H3,(H,34,37)/t28-,30+/m1/s1. The highest BCUT2D eigenvalue weighted by molar-refractivity contribution is 5.86. The van der Waals surface area contributed by atoms with Gasteiger partial charge in [0.15, 0.2) is 0 Å². The van der Waals surface area contributed by atoms with Crippen molar-refractivity contribution < 1.29 is 23.4 Å². The Labute approximate surface area is 238 Å². The van der Waals surface area contributed by atoms with Crippen LogP contribution in [0.1, 0.15) is 22.6 Å². The lowest BCUT2D eigenvalue weighted by molar-refractivity contribution is -0.116. The van der Waals surface area contributed by atoms with Crippen molar-refractivity contribution >= 4 is 11.6 Å². The fourth-order valence-corrected chi connectivity index (χ4v) is 4.91. The predicted octanol–water partition coefficient (Wildman–Crippen LogP) is 3.43. The molecule has 3 rings (SSSR count). The van der Waals surface area contributed by atoms with Gasteiger partial charge in [0.25, 0.3) is 0 Å². The van der Waals surface area contributed by atoms with Crippen molar-refractivity contribution in [1.82, 2.24) is 15.1 Å². The van der Waals surface area contributed by atoms with Crippen LogP contribution in [0.4, 0.5) is 10.1 Å². The third-order valence-electron chi connectivity index (χ3n) is 7.15. The van der Waals surface area contributed by atoms with Crippen molar-refractivity contribution in [3.63, 3.8) is 0 Å². The van der Waals surface area contributed by atoms with E-state index in [4.69, 9.17) is 14.2 Å². The summed E-state index contributed by atoms with van der Waals surface area (Å²) >= 11 is 0. The monoisotopic (exact) mass is 556 g/mol. The number of likely N-dealkylation sites (N-methyl/N-ethyl adjacent to an activating group) is 1. The first-order valence-corrected chi connectivity index (χ1v) is 14.0. The van der Waals surface area contributed by atoms with Gasteiger partial charge in [-0.1, -0.05) is 30.8 Å². The van der Waals surface area contributed by atoms with E-state index in [0.29, 0.717) is 71.2 Å². The quantitative estimate of drug-likeness (QED) is 0.215. The Morgan fingerprint density at radius 2 is 1.65 bits per heavy atom. The van der Waals surface area contributed by atoms with Crippen molar-refractivity contribution in [3.05, 3.63) is 77.6 Å². The van der Waals surface area contributed by atoms with Gasteiger partial charge in [0.2, 0.25) is 5.91 Å². The van der Waals surface area contributed by atoms with Crippen LogP contribution in [0.25, 0.3) is 0 Å². The summed E-state index contributed by atoms with van der Waals surface area (Å²) in [5, 5.41) is 6.05. The van der Waals surface area contributed by atoms with Gasteiger partial charge in [0.05, 0.1) is 39.6 Å². The van der Waals surface area contributed by atoms with Crippen molar-refractivity contribution in [3.8, 4) is 0 Å². The van der Waals surface area contributed by atoms with E-state index in [1.807, 2.05) is 13.0 Å². The third kappa shape index (κ3) is 10.3. The maximum absolute atomic E-state index is 14.4. The SMILES string of the molecule is C=CC(=O)NCCOCCOCCOCCNc1ccc([C@H]2CN(Cc3c(C)cccc3F)C[C@@H]2N(C)C)cc1. The average Bonchev–Trinajstić information content (AvgIpc) is 3.38.